The van der Waals surface area contributed by atoms with Crippen molar-refractivity contribution in [2.24, 2.45) is 5.92 Å². The lowest BCUT2D eigenvalue weighted by Gasteiger charge is -2.36. The molecule has 3 atom stereocenters. The van der Waals surface area contributed by atoms with Gasteiger partial charge in [0.05, 0.1) is 6.10 Å². The van der Waals surface area contributed by atoms with Crippen molar-refractivity contribution in [3.63, 3.8) is 0 Å². The van der Waals surface area contributed by atoms with Gasteiger partial charge in [0.25, 0.3) is 0 Å². The third-order valence-corrected chi connectivity index (χ3v) is 5.00. The molecule has 3 nitrogen and oxygen atoms in total. The summed E-state index contributed by atoms with van der Waals surface area (Å²) in [6.45, 7) is 6.14. The van der Waals surface area contributed by atoms with E-state index in [1.807, 2.05) is 0 Å². The minimum atomic E-state index is 0.565. The van der Waals surface area contributed by atoms with Crippen molar-refractivity contribution in [1.82, 2.24) is 10.2 Å². The zero-order valence-electron chi connectivity index (χ0n) is 11.6. The Balaban J connectivity index is 1.41. The molecular formula is C15H28N2O. The normalized spacial score (nSPS) is 38.3. The Kier molecular flexibility index (Phi) is 4.55. The van der Waals surface area contributed by atoms with E-state index < -0.39 is 0 Å². The molecule has 3 aliphatic rings. The van der Waals surface area contributed by atoms with Crippen molar-refractivity contribution < 1.29 is 4.74 Å². The Morgan fingerprint density at radius 1 is 1.11 bits per heavy atom. The average molecular weight is 252 g/mol. The Morgan fingerprint density at radius 3 is 2.89 bits per heavy atom. The van der Waals surface area contributed by atoms with Gasteiger partial charge in [-0.05, 0) is 64.0 Å². The number of rotatable bonds is 4. The standard InChI is InChI=1S/C15H28N2O/c1-6-15(16-8-1)13-4-2-9-17(12-13)10-7-14-5-3-11-18-14/h13-16H,1-12H2. The second-order valence-corrected chi connectivity index (χ2v) is 6.33. The van der Waals surface area contributed by atoms with Crippen LogP contribution in [-0.2, 0) is 4.74 Å². The molecule has 0 aliphatic carbocycles. The van der Waals surface area contributed by atoms with Crippen LogP contribution in [0.15, 0.2) is 0 Å². The molecule has 1 N–H and O–H groups in total. The Bertz CT molecular complexity index is 247. The SMILES string of the molecule is C1COC(CCN2CCCC(C3CCCN3)C2)C1. The molecule has 3 aliphatic heterocycles. The van der Waals surface area contributed by atoms with Crippen LogP contribution >= 0.6 is 0 Å². The first kappa shape index (κ1) is 12.9. The molecule has 3 rings (SSSR count). The zero-order valence-corrected chi connectivity index (χ0v) is 11.6. The van der Waals surface area contributed by atoms with Gasteiger partial charge in [0.2, 0.25) is 0 Å². The number of nitrogens with one attached hydrogen (secondary N) is 1. The number of piperidine rings is 1. The van der Waals surface area contributed by atoms with Crippen molar-refractivity contribution in [2.45, 2.75) is 57.1 Å². The van der Waals surface area contributed by atoms with Crippen LogP contribution in [0.5, 0.6) is 0 Å². The van der Waals surface area contributed by atoms with Crippen molar-refractivity contribution in [3.05, 3.63) is 0 Å². The third kappa shape index (κ3) is 3.25. The highest BCUT2D eigenvalue weighted by molar-refractivity contribution is 4.86. The minimum absolute atomic E-state index is 0.565. The van der Waals surface area contributed by atoms with Gasteiger partial charge in [0.1, 0.15) is 0 Å². The lowest BCUT2D eigenvalue weighted by Crippen LogP contribution is -2.44. The van der Waals surface area contributed by atoms with E-state index in [1.54, 1.807) is 0 Å². The second-order valence-electron chi connectivity index (χ2n) is 6.33. The predicted molar refractivity (Wildman–Crippen MR) is 73.8 cm³/mol. The van der Waals surface area contributed by atoms with E-state index in [4.69, 9.17) is 4.74 Å². The summed E-state index contributed by atoms with van der Waals surface area (Å²) in [5.74, 6) is 0.908. The molecule has 0 aromatic heterocycles. The number of likely N-dealkylation sites (tertiary alicyclic amines) is 1. The summed E-state index contributed by atoms with van der Waals surface area (Å²) in [6, 6.07) is 0.815. The van der Waals surface area contributed by atoms with Crippen molar-refractivity contribution >= 4 is 0 Å². The van der Waals surface area contributed by atoms with Gasteiger partial charge >= 0.3 is 0 Å². The van der Waals surface area contributed by atoms with E-state index in [9.17, 15) is 0 Å². The van der Waals surface area contributed by atoms with E-state index >= 15 is 0 Å². The Hall–Kier alpha value is -0.120. The first-order valence-corrected chi connectivity index (χ1v) is 7.99. The number of hydrogen-bond donors (Lipinski definition) is 1. The van der Waals surface area contributed by atoms with E-state index in [0.717, 1.165) is 18.6 Å². The molecule has 3 heteroatoms. The molecule has 18 heavy (non-hydrogen) atoms. The van der Waals surface area contributed by atoms with Gasteiger partial charge in [-0.3, -0.25) is 0 Å². The molecule has 0 aromatic rings. The van der Waals surface area contributed by atoms with Gasteiger partial charge in [-0.25, -0.2) is 0 Å². The average Bonchev–Trinajstić information content (AvgIpc) is 3.10. The number of nitrogens with zero attached hydrogens (tertiary/aromatic N) is 1. The highest BCUT2D eigenvalue weighted by Crippen LogP contribution is 2.25. The van der Waals surface area contributed by atoms with Crippen LogP contribution in [0.25, 0.3) is 0 Å². The number of ether oxygens (including phenoxy) is 1. The molecule has 3 saturated heterocycles. The third-order valence-electron chi connectivity index (χ3n) is 5.00. The van der Waals surface area contributed by atoms with Crippen LogP contribution in [0.1, 0.15) is 44.9 Å². The van der Waals surface area contributed by atoms with Gasteiger partial charge in [-0.15, -0.1) is 0 Å². The minimum Gasteiger partial charge on any atom is -0.378 e. The first-order valence-electron chi connectivity index (χ1n) is 7.99. The molecule has 104 valence electrons. The lowest BCUT2D eigenvalue weighted by atomic mass is 9.89. The summed E-state index contributed by atoms with van der Waals surface area (Å²) < 4.78 is 5.73. The van der Waals surface area contributed by atoms with Crippen LogP contribution in [0.2, 0.25) is 0 Å². The topological polar surface area (TPSA) is 24.5 Å². The molecule has 0 radical (unpaired) electrons. The van der Waals surface area contributed by atoms with Gasteiger partial charge < -0.3 is 15.0 Å². The quantitative estimate of drug-likeness (QED) is 0.828. The molecule has 0 spiro atoms. The van der Waals surface area contributed by atoms with Gasteiger partial charge in [0, 0.05) is 25.7 Å². The monoisotopic (exact) mass is 252 g/mol. The summed E-state index contributed by atoms with van der Waals surface area (Å²) in [5.41, 5.74) is 0. The fourth-order valence-corrected chi connectivity index (χ4v) is 3.94. The van der Waals surface area contributed by atoms with E-state index in [-0.39, 0.29) is 0 Å². The Morgan fingerprint density at radius 2 is 2.11 bits per heavy atom. The second kappa shape index (κ2) is 6.36. The maximum Gasteiger partial charge on any atom is 0.0588 e. The highest BCUT2D eigenvalue weighted by atomic mass is 16.5. The highest BCUT2D eigenvalue weighted by Gasteiger charge is 2.29. The molecule has 3 unspecified atom stereocenters. The van der Waals surface area contributed by atoms with E-state index in [2.05, 4.69) is 10.2 Å². The molecule has 0 amide bonds. The maximum absolute atomic E-state index is 5.73. The molecule has 0 aromatic carbocycles. The van der Waals surface area contributed by atoms with E-state index in [0.29, 0.717) is 6.10 Å². The van der Waals surface area contributed by atoms with Crippen LogP contribution in [0.4, 0.5) is 0 Å². The van der Waals surface area contributed by atoms with Crippen molar-refractivity contribution in [3.8, 4) is 0 Å². The largest absolute Gasteiger partial charge is 0.378 e. The molecule has 0 saturated carbocycles. The van der Waals surface area contributed by atoms with Crippen LogP contribution in [0, 0.1) is 5.92 Å². The van der Waals surface area contributed by atoms with E-state index in [1.165, 1.54) is 71.1 Å². The summed E-state index contributed by atoms with van der Waals surface area (Å²) in [6.07, 6.45) is 10.0. The Labute approximate surface area is 111 Å². The molecular weight excluding hydrogens is 224 g/mol. The number of hydrogen-bond acceptors (Lipinski definition) is 3. The smallest absolute Gasteiger partial charge is 0.0588 e. The molecule has 0 bridgehead atoms. The lowest BCUT2D eigenvalue weighted by molar-refractivity contribution is 0.0800. The van der Waals surface area contributed by atoms with Crippen molar-refractivity contribution in [2.75, 3.05) is 32.8 Å². The van der Waals surface area contributed by atoms with Crippen molar-refractivity contribution in [1.29, 1.82) is 0 Å². The summed E-state index contributed by atoms with van der Waals surface area (Å²) in [5, 5.41) is 3.69. The fourth-order valence-electron chi connectivity index (χ4n) is 3.94. The maximum atomic E-state index is 5.73. The van der Waals surface area contributed by atoms with Gasteiger partial charge in [0.15, 0.2) is 0 Å². The predicted octanol–water partition coefficient (Wildman–Crippen LogP) is 2.02. The van der Waals surface area contributed by atoms with Gasteiger partial charge in [-0.1, -0.05) is 0 Å². The zero-order chi connectivity index (χ0) is 12.2. The van der Waals surface area contributed by atoms with Gasteiger partial charge in [-0.2, -0.15) is 0 Å². The molecule has 3 fully saturated rings. The summed E-state index contributed by atoms with van der Waals surface area (Å²) in [7, 11) is 0. The fraction of sp³-hybridized carbons (Fsp3) is 1.00. The van der Waals surface area contributed by atoms with Crippen LogP contribution in [0.3, 0.4) is 0 Å². The summed E-state index contributed by atoms with van der Waals surface area (Å²) in [4.78, 5) is 2.69. The van der Waals surface area contributed by atoms with Crippen LogP contribution < -0.4 is 5.32 Å². The first-order chi connectivity index (χ1) is 8.92. The molecule has 3 heterocycles. The van der Waals surface area contributed by atoms with Crippen LogP contribution in [-0.4, -0.2) is 49.8 Å². The summed E-state index contributed by atoms with van der Waals surface area (Å²) >= 11 is 0.